The zero-order valence-electron chi connectivity index (χ0n) is 17.2. The molecule has 2 fully saturated rings. The second kappa shape index (κ2) is 9.72. The number of hydrogen-bond acceptors (Lipinski definition) is 5. The highest BCUT2D eigenvalue weighted by atomic mass is 16.2. The molecular formula is C23H27N5O3. The van der Waals surface area contributed by atoms with E-state index in [1.807, 2.05) is 0 Å². The van der Waals surface area contributed by atoms with Crippen LogP contribution in [0.5, 0.6) is 0 Å². The van der Waals surface area contributed by atoms with E-state index in [9.17, 15) is 14.4 Å². The highest BCUT2D eigenvalue weighted by Crippen LogP contribution is 2.17. The van der Waals surface area contributed by atoms with Gasteiger partial charge in [0.2, 0.25) is 11.8 Å². The third kappa shape index (κ3) is 5.48. The Morgan fingerprint density at radius 1 is 0.645 bits per heavy atom. The van der Waals surface area contributed by atoms with E-state index in [1.54, 1.807) is 48.5 Å². The Morgan fingerprint density at radius 3 is 1.48 bits per heavy atom. The third-order valence-corrected chi connectivity index (χ3v) is 5.58. The predicted octanol–water partition coefficient (Wildman–Crippen LogP) is 2.32. The lowest BCUT2D eigenvalue weighted by atomic mass is 10.1. The van der Waals surface area contributed by atoms with Gasteiger partial charge in [0.15, 0.2) is 0 Å². The maximum atomic E-state index is 12.5. The van der Waals surface area contributed by atoms with Crippen LogP contribution in [0.2, 0.25) is 0 Å². The van der Waals surface area contributed by atoms with Gasteiger partial charge >= 0.3 is 0 Å². The third-order valence-electron chi connectivity index (χ3n) is 5.58. The van der Waals surface area contributed by atoms with Crippen molar-refractivity contribution in [1.29, 1.82) is 0 Å². The van der Waals surface area contributed by atoms with Crippen LogP contribution < -0.4 is 26.6 Å². The molecule has 8 nitrogen and oxygen atoms in total. The molecule has 2 aliphatic rings. The maximum absolute atomic E-state index is 12.5. The normalized spacial score (nSPS) is 20.3. The molecule has 0 saturated carbocycles. The average Bonchev–Trinajstić information content (AvgIpc) is 3.50. The second-order valence-electron chi connectivity index (χ2n) is 7.89. The summed E-state index contributed by atoms with van der Waals surface area (Å²) in [5.41, 5.74) is 2.47. The van der Waals surface area contributed by atoms with Gasteiger partial charge < -0.3 is 26.6 Å². The van der Waals surface area contributed by atoms with E-state index < -0.39 is 0 Å². The van der Waals surface area contributed by atoms with Gasteiger partial charge in [0, 0.05) is 22.6 Å². The van der Waals surface area contributed by atoms with Gasteiger partial charge in [0.1, 0.15) is 0 Å². The number of hydrogen-bond donors (Lipinski definition) is 5. The molecule has 2 aromatic carbocycles. The number of benzene rings is 2. The number of rotatable bonds is 6. The molecule has 31 heavy (non-hydrogen) atoms. The monoisotopic (exact) mass is 421 g/mol. The lowest BCUT2D eigenvalue weighted by molar-refractivity contribution is -0.118. The molecule has 0 radical (unpaired) electrons. The molecule has 2 saturated heterocycles. The minimum atomic E-state index is -0.248. The molecule has 8 heteroatoms. The summed E-state index contributed by atoms with van der Waals surface area (Å²) < 4.78 is 0. The van der Waals surface area contributed by atoms with Crippen LogP contribution in [0, 0.1) is 0 Å². The Bertz CT molecular complexity index is 931. The van der Waals surface area contributed by atoms with E-state index in [0.717, 1.165) is 38.8 Å². The Kier molecular flexibility index (Phi) is 6.59. The van der Waals surface area contributed by atoms with Crippen molar-refractivity contribution in [1.82, 2.24) is 10.6 Å². The first-order valence-corrected chi connectivity index (χ1v) is 10.7. The molecule has 0 spiro atoms. The summed E-state index contributed by atoms with van der Waals surface area (Å²) >= 11 is 0. The minimum Gasteiger partial charge on any atom is -0.325 e. The van der Waals surface area contributed by atoms with Crippen LogP contribution in [-0.2, 0) is 9.59 Å². The molecule has 2 aliphatic heterocycles. The topological polar surface area (TPSA) is 111 Å². The molecular weight excluding hydrogens is 394 g/mol. The summed E-state index contributed by atoms with van der Waals surface area (Å²) in [5, 5.41) is 14.9. The van der Waals surface area contributed by atoms with Gasteiger partial charge in [-0.2, -0.15) is 0 Å². The van der Waals surface area contributed by atoms with Crippen molar-refractivity contribution in [2.75, 3.05) is 29.0 Å². The molecule has 0 bridgehead atoms. The summed E-state index contributed by atoms with van der Waals surface area (Å²) in [6.45, 7) is 1.73. The molecule has 5 N–H and O–H groups in total. The van der Waals surface area contributed by atoms with Gasteiger partial charge in [0.25, 0.3) is 5.91 Å². The van der Waals surface area contributed by atoms with E-state index in [1.165, 1.54) is 0 Å². The lowest BCUT2D eigenvalue weighted by Crippen LogP contribution is -2.35. The summed E-state index contributed by atoms with van der Waals surface area (Å²) in [4.78, 5) is 36.8. The molecule has 2 heterocycles. The zero-order chi connectivity index (χ0) is 21.6. The molecule has 2 atom stereocenters. The largest absolute Gasteiger partial charge is 0.325 e. The smallest absolute Gasteiger partial charge is 0.255 e. The SMILES string of the molecule is O=C(Nc1ccc(NC(=O)[C@@H]2CCCN2)cc1)c1ccc(NC(=O)[C@@H]2CCCN2)cc1. The maximum Gasteiger partial charge on any atom is 0.255 e. The van der Waals surface area contributed by atoms with Crippen molar-refractivity contribution in [3.63, 3.8) is 0 Å². The van der Waals surface area contributed by atoms with Gasteiger partial charge in [-0.15, -0.1) is 0 Å². The summed E-state index contributed by atoms with van der Waals surface area (Å²) in [6.07, 6.45) is 3.70. The van der Waals surface area contributed by atoms with Crippen LogP contribution in [0.1, 0.15) is 36.0 Å². The van der Waals surface area contributed by atoms with Gasteiger partial charge in [-0.1, -0.05) is 0 Å². The van der Waals surface area contributed by atoms with Crippen molar-refractivity contribution in [2.45, 2.75) is 37.8 Å². The minimum absolute atomic E-state index is 0.0369. The fourth-order valence-electron chi connectivity index (χ4n) is 3.82. The number of carbonyl (C=O) groups is 3. The van der Waals surface area contributed by atoms with Crippen molar-refractivity contribution >= 4 is 34.8 Å². The van der Waals surface area contributed by atoms with E-state index in [0.29, 0.717) is 22.6 Å². The van der Waals surface area contributed by atoms with Crippen molar-refractivity contribution in [2.24, 2.45) is 0 Å². The molecule has 3 amide bonds. The Hall–Kier alpha value is -3.23. The van der Waals surface area contributed by atoms with E-state index in [4.69, 9.17) is 0 Å². The summed E-state index contributed by atoms with van der Waals surface area (Å²) in [7, 11) is 0. The predicted molar refractivity (Wildman–Crippen MR) is 120 cm³/mol. The first-order valence-electron chi connectivity index (χ1n) is 10.7. The second-order valence-corrected chi connectivity index (χ2v) is 7.89. The first kappa shape index (κ1) is 21.0. The number of anilines is 3. The van der Waals surface area contributed by atoms with Crippen LogP contribution >= 0.6 is 0 Å². The Morgan fingerprint density at radius 2 is 1.06 bits per heavy atom. The standard InChI is InChI=1S/C23H27N5O3/c29-21(15-5-7-16(8-6-15)27-22(30)19-3-1-13-24-19)26-17-9-11-18(12-10-17)28-23(31)20-4-2-14-25-20/h5-12,19-20,24-25H,1-4,13-14H2,(H,26,29)(H,27,30)(H,28,31)/t19-,20-/m0/s1. The first-order chi connectivity index (χ1) is 15.1. The van der Waals surface area contributed by atoms with Crippen LogP contribution in [0.4, 0.5) is 17.1 Å². The van der Waals surface area contributed by atoms with Crippen molar-refractivity contribution in [3.8, 4) is 0 Å². The number of carbonyl (C=O) groups excluding carboxylic acids is 3. The molecule has 4 rings (SSSR count). The van der Waals surface area contributed by atoms with Crippen LogP contribution in [0.3, 0.4) is 0 Å². The highest BCUT2D eigenvalue weighted by Gasteiger charge is 2.22. The molecule has 0 unspecified atom stereocenters. The Balaban J connectivity index is 1.29. The summed E-state index contributed by atoms with van der Waals surface area (Å²) in [6, 6.07) is 13.5. The van der Waals surface area contributed by atoms with E-state index >= 15 is 0 Å². The number of nitrogens with one attached hydrogen (secondary N) is 5. The quantitative estimate of drug-likeness (QED) is 0.492. The van der Waals surface area contributed by atoms with Crippen molar-refractivity contribution < 1.29 is 14.4 Å². The van der Waals surface area contributed by atoms with E-state index in [-0.39, 0.29) is 29.8 Å². The van der Waals surface area contributed by atoms with Gasteiger partial charge in [0.05, 0.1) is 12.1 Å². The lowest BCUT2D eigenvalue weighted by Gasteiger charge is -2.12. The molecule has 2 aromatic rings. The molecule has 162 valence electrons. The molecule has 0 aliphatic carbocycles. The average molecular weight is 422 g/mol. The molecule has 0 aromatic heterocycles. The van der Waals surface area contributed by atoms with Gasteiger partial charge in [-0.3, -0.25) is 14.4 Å². The number of amides is 3. The van der Waals surface area contributed by atoms with E-state index in [2.05, 4.69) is 26.6 Å². The highest BCUT2D eigenvalue weighted by molar-refractivity contribution is 6.05. The van der Waals surface area contributed by atoms with Crippen LogP contribution in [-0.4, -0.2) is 42.9 Å². The van der Waals surface area contributed by atoms with Crippen molar-refractivity contribution in [3.05, 3.63) is 54.1 Å². The fraction of sp³-hybridized carbons (Fsp3) is 0.348. The zero-order valence-corrected chi connectivity index (χ0v) is 17.2. The summed E-state index contributed by atoms with van der Waals surface area (Å²) in [5.74, 6) is -0.335. The van der Waals surface area contributed by atoms with Crippen LogP contribution in [0.25, 0.3) is 0 Å². The van der Waals surface area contributed by atoms with Crippen LogP contribution in [0.15, 0.2) is 48.5 Å². The van der Waals surface area contributed by atoms with Gasteiger partial charge in [-0.25, -0.2) is 0 Å². The fourth-order valence-corrected chi connectivity index (χ4v) is 3.82. The van der Waals surface area contributed by atoms with Gasteiger partial charge in [-0.05, 0) is 87.3 Å². The Labute approximate surface area is 181 Å².